The number of hydrogen-bond donors (Lipinski definition) is 1. The molecule has 38 heavy (non-hydrogen) atoms. The summed E-state index contributed by atoms with van der Waals surface area (Å²) in [5.74, 6) is -2.05. The van der Waals surface area contributed by atoms with Gasteiger partial charge in [-0.2, -0.15) is 0 Å². The second kappa shape index (κ2) is 11.2. The fraction of sp³-hybridized carbons (Fsp3) is 0.379. The Kier molecular flexibility index (Phi) is 7.97. The number of hydrogen-bond acceptors (Lipinski definition) is 8. The molecular formula is C29H33N3O6. The number of methoxy groups -OCH3 is 1. The van der Waals surface area contributed by atoms with Gasteiger partial charge in [0.25, 0.3) is 5.69 Å². The summed E-state index contributed by atoms with van der Waals surface area (Å²) in [5, 5.41) is 14.6. The summed E-state index contributed by atoms with van der Waals surface area (Å²) in [6, 6.07) is 16.2. The number of ether oxygens (including phenoxy) is 2. The standard InChI is InChI=1S/C29H33N3O6/c1-19-24(27(33)37-4)26(22-11-8-12-23(17-22)32(35)36)25(20(2)30-19)28(34)38-29(3)13-15-31(16-14-29)18-21-9-6-5-7-10-21/h5-12,17,26,30H,13-16,18H2,1-4H3. The van der Waals surface area contributed by atoms with E-state index in [-0.39, 0.29) is 16.8 Å². The number of rotatable bonds is 7. The molecule has 2 aromatic rings. The van der Waals surface area contributed by atoms with Crippen molar-refractivity contribution in [2.45, 2.75) is 51.7 Å². The zero-order valence-electron chi connectivity index (χ0n) is 22.2. The third-order valence-corrected chi connectivity index (χ3v) is 7.30. The average molecular weight is 520 g/mol. The fourth-order valence-electron chi connectivity index (χ4n) is 5.20. The number of nitro benzene ring substituents is 1. The van der Waals surface area contributed by atoms with E-state index >= 15 is 0 Å². The summed E-state index contributed by atoms with van der Waals surface area (Å²) < 4.78 is 11.2. The van der Waals surface area contributed by atoms with Gasteiger partial charge >= 0.3 is 11.9 Å². The Morgan fingerprint density at radius 2 is 1.66 bits per heavy atom. The molecule has 1 saturated heterocycles. The van der Waals surface area contributed by atoms with Gasteiger partial charge in [0.2, 0.25) is 0 Å². The zero-order chi connectivity index (χ0) is 27.4. The van der Waals surface area contributed by atoms with Crippen LogP contribution in [0.15, 0.2) is 77.1 Å². The zero-order valence-corrected chi connectivity index (χ0v) is 22.2. The smallest absolute Gasteiger partial charge is 0.337 e. The maximum atomic E-state index is 13.8. The molecule has 1 fully saturated rings. The number of dihydropyridines is 1. The molecule has 2 heterocycles. The number of piperidine rings is 1. The van der Waals surface area contributed by atoms with Crippen molar-refractivity contribution in [1.82, 2.24) is 10.2 Å². The first-order valence-electron chi connectivity index (χ1n) is 12.6. The van der Waals surface area contributed by atoms with Crippen molar-refractivity contribution in [2.75, 3.05) is 20.2 Å². The quantitative estimate of drug-likeness (QED) is 0.321. The minimum absolute atomic E-state index is 0.133. The van der Waals surface area contributed by atoms with Gasteiger partial charge in [-0.25, -0.2) is 9.59 Å². The molecule has 0 bridgehead atoms. The second-order valence-electron chi connectivity index (χ2n) is 10.1. The van der Waals surface area contributed by atoms with Crippen molar-refractivity contribution in [3.05, 3.63) is 98.4 Å². The highest BCUT2D eigenvalue weighted by Gasteiger charge is 2.41. The SMILES string of the molecule is COC(=O)C1=C(C)NC(C)=C(C(=O)OC2(C)CCN(Cc3ccccc3)CC2)C1c1cccc([N+](=O)[O-])c1. The number of esters is 2. The number of carbonyl (C=O) groups is 2. The molecule has 0 saturated carbocycles. The average Bonchev–Trinajstić information content (AvgIpc) is 2.89. The summed E-state index contributed by atoms with van der Waals surface area (Å²) in [7, 11) is 1.26. The van der Waals surface area contributed by atoms with Crippen LogP contribution in [0, 0.1) is 10.1 Å². The maximum Gasteiger partial charge on any atom is 0.337 e. The molecular weight excluding hydrogens is 486 g/mol. The number of nitro groups is 1. The maximum absolute atomic E-state index is 13.8. The molecule has 1 N–H and O–H groups in total. The molecule has 0 amide bonds. The summed E-state index contributed by atoms with van der Waals surface area (Å²) in [5.41, 5.74) is 2.36. The van der Waals surface area contributed by atoms with Crippen LogP contribution in [0.1, 0.15) is 50.7 Å². The third kappa shape index (κ3) is 5.78. The van der Waals surface area contributed by atoms with E-state index in [1.807, 2.05) is 25.1 Å². The van der Waals surface area contributed by atoms with Gasteiger partial charge in [-0.05, 0) is 44.7 Å². The van der Waals surface area contributed by atoms with Crippen LogP contribution >= 0.6 is 0 Å². The molecule has 200 valence electrons. The topological polar surface area (TPSA) is 111 Å². The Hall–Kier alpha value is -3.98. The lowest BCUT2D eigenvalue weighted by atomic mass is 9.80. The van der Waals surface area contributed by atoms with Gasteiger partial charge in [0.15, 0.2) is 0 Å². The third-order valence-electron chi connectivity index (χ3n) is 7.30. The number of benzene rings is 2. The first kappa shape index (κ1) is 27.1. The number of carbonyl (C=O) groups excluding carboxylic acids is 2. The number of allylic oxidation sites excluding steroid dienone is 2. The van der Waals surface area contributed by atoms with Gasteiger partial charge in [0, 0.05) is 43.2 Å². The first-order valence-corrected chi connectivity index (χ1v) is 12.6. The molecule has 0 spiro atoms. The lowest BCUT2D eigenvalue weighted by molar-refractivity contribution is -0.384. The van der Waals surface area contributed by atoms with E-state index in [2.05, 4.69) is 22.3 Å². The highest BCUT2D eigenvalue weighted by Crippen LogP contribution is 2.41. The van der Waals surface area contributed by atoms with Crippen molar-refractivity contribution >= 4 is 17.6 Å². The lowest BCUT2D eigenvalue weighted by Gasteiger charge is -2.40. The van der Waals surface area contributed by atoms with Crippen molar-refractivity contribution in [3.63, 3.8) is 0 Å². The second-order valence-corrected chi connectivity index (χ2v) is 10.1. The Morgan fingerprint density at radius 1 is 1.03 bits per heavy atom. The summed E-state index contributed by atoms with van der Waals surface area (Å²) in [4.78, 5) is 40.0. The highest BCUT2D eigenvalue weighted by atomic mass is 16.6. The van der Waals surface area contributed by atoms with Gasteiger partial charge in [-0.3, -0.25) is 15.0 Å². The molecule has 2 aromatic carbocycles. The molecule has 2 aliphatic rings. The molecule has 2 aliphatic heterocycles. The van der Waals surface area contributed by atoms with Crippen molar-refractivity contribution in [2.24, 2.45) is 0 Å². The molecule has 1 unspecified atom stereocenters. The molecule has 1 atom stereocenters. The first-order chi connectivity index (χ1) is 18.1. The molecule has 4 rings (SSSR count). The highest BCUT2D eigenvalue weighted by molar-refractivity contribution is 6.00. The van der Waals surface area contributed by atoms with Gasteiger partial charge in [-0.1, -0.05) is 42.5 Å². The largest absolute Gasteiger partial charge is 0.466 e. The molecule has 9 nitrogen and oxygen atoms in total. The van der Waals surface area contributed by atoms with Crippen LogP contribution in [0.2, 0.25) is 0 Å². The fourth-order valence-corrected chi connectivity index (χ4v) is 5.20. The molecule has 0 aromatic heterocycles. The van der Waals surface area contributed by atoms with E-state index in [0.29, 0.717) is 29.8 Å². The van der Waals surface area contributed by atoms with Crippen LogP contribution in [0.5, 0.6) is 0 Å². The van der Waals surface area contributed by atoms with E-state index in [1.54, 1.807) is 26.0 Å². The van der Waals surface area contributed by atoms with E-state index < -0.39 is 28.4 Å². The van der Waals surface area contributed by atoms with Gasteiger partial charge in [0.1, 0.15) is 5.60 Å². The monoisotopic (exact) mass is 519 g/mol. The van der Waals surface area contributed by atoms with Crippen LogP contribution in [0.3, 0.4) is 0 Å². The lowest BCUT2D eigenvalue weighted by Crippen LogP contribution is -2.45. The number of non-ortho nitro benzene ring substituents is 1. The molecule has 0 radical (unpaired) electrons. The normalized spacial score (nSPS) is 19.5. The molecule has 0 aliphatic carbocycles. The van der Waals surface area contributed by atoms with Crippen LogP contribution in [0.4, 0.5) is 5.69 Å². The predicted octanol–water partition coefficient (Wildman–Crippen LogP) is 4.60. The van der Waals surface area contributed by atoms with Crippen LogP contribution in [-0.4, -0.2) is 47.6 Å². The van der Waals surface area contributed by atoms with E-state index in [1.165, 1.54) is 24.8 Å². The van der Waals surface area contributed by atoms with Crippen LogP contribution in [0.25, 0.3) is 0 Å². The summed E-state index contributed by atoms with van der Waals surface area (Å²) >= 11 is 0. The van der Waals surface area contributed by atoms with E-state index in [0.717, 1.165) is 19.6 Å². The van der Waals surface area contributed by atoms with Gasteiger partial charge < -0.3 is 14.8 Å². The minimum atomic E-state index is -0.877. The van der Waals surface area contributed by atoms with Crippen molar-refractivity contribution in [3.8, 4) is 0 Å². The number of nitrogens with one attached hydrogen (secondary N) is 1. The van der Waals surface area contributed by atoms with Gasteiger partial charge in [0.05, 0.1) is 29.1 Å². The Bertz CT molecular complexity index is 1290. The van der Waals surface area contributed by atoms with Crippen molar-refractivity contribution < 1.29 is 24.0 Å². The van der Waals surface area contributed by atoms with E-state index in [9.17, 15) is 19.7 Å². The van der Waals surface area contributed by atoms with Gasteiger partial charge in [-0.15, -0.1) is 0 Å². The van der Waals surface area contributed by atoms with Crippen LogP contribution in [-0.2, 0) is 25.6 Å². The number of nitrogens with zero attached hydrogens (tertiary/aromatic N) is 2. The number of likely N-dealkylation sites (tertiary alicyclic amines) is 1. The molecule has 9 heteroatoms. The Morgan fingerprint density at radius 3 is 2.26 bits per heavy atom. The van der Waals surface area contributed by atoms with Crippen LogP contribution < -0.4 is 5.32 Å². The summed E-state index contributed by atoms with van der Waals surface area (Å²) in [6.07, 6.45) is 1.32. The minimum Gasteiger partial charge on any atom is -0.466 e. The summed E-state index contributed by atoms with van der Waals surface area (Å²) in [6.45, 7) is 7.77. The van der Waals surface area contributed by atoms with E-state index in [4.69, 9.17) is 9.47 Å². The Labute approximate surface area is 222 Å². The predicted molar refractivity (Wildman–Crippen MR) is 142 cm³/mol. The van der Waals surface area contributed by atoms with Crippen molar-refractivity contribution in [1.29, 1.82) is 0 Å². The Balaban J connectivity index is 1.59.